The molecule has 0 aromatic carbocycles. The zero-order chi connectivity index (χ0) is 11.3. The molecule has 1 amide bonds. The Hall–Kier alpha value is -1.10. The zero-order valence-electron chi connectivity index (χ0n) is 8.86. The number of carbonyl (C=O) groups is 2. The number of methoxy groups -OCH3 is 1. The summed E-state index contributed by atoms with van der Waals surface area (Å²) in [5.74, 6) is -0.730. The van der Waals surface area contributed by atoms with Gasteiger partial charge in [-0.25, -0.2) is 4.79 Å². The summed E-state index contributed by atoms with van der Waals surface area (Å²) >= 11 is 0. The Bertz CT molecular complexity index is 238. The van der Waals surface area contributed by atoms with E-state index in [-0.39, 0.29) is 12.3 Å². The van der Waals surface area contributed by atoms with Crippen LogP contribution in [0.4, 0.5) is 0 Å². The van der Waals surface area contributed by atoms with Crippen LogP contribution in [0, 0.1) is 5.92 Å². The summed E-state index contributed by atoms with van der Waals surface area (Å²) in [4.78, 5) is 22.1. The summed E-state index contributed by atoms with van der Waals surface area (Å²) in [6, 6.07) is -0.734. The predicted molar refractivity (Wildman–Crippen MR) is 53.4 cm³/mol. The lowest BCUT2D eigenvalue weighted by molar-refractivity contribution is -0.142. The third kappa shape index (κ3) is 4.78. The topological polar surface area (TPSA) is 75.6 Å². The summed E-state index contributed by atoms with van der Waals surface area (Å²) in [6.07, 6.45) is 2.93. The molecule has 1 unspecified atom stereocenters. The largest absolute Gasteiger partial charge is 0.480 e. The molecule has 0 spiro atoms. The van der Waals surface area contributed by atoms with E-state index in [1.165, 1.54) is 7.11 Å². The van der Waals surface area contributed by atoms with Crippen LogP contribution in [-0.4, -0.2) is 36.7 Å². The van der Waals surface area contributed by atoms with E-state index in [1.807, 2.05) is 0 Å². The molecule has 0 aromatic rings. The number of nitrogens with one attached hydrogen (secondary N) is 1. The molecule has 0 heterocycles. The van der Waals surface area contributed by atoms with Gasteiger partial charge in [-0.2, -0.15) is 0 Å². The van der Waals surface area contributed by atoms with Gasteiger partial charge in [-0.15, -0.1) is 0 Å². The van der Waals surface area contributed by atoms with Gasteiger partial charge < -0.3 is 15.2 Å². The van der Waals surface area contributed by atoms with Crippen molar-refractivity contribution in [3.05, 3.63) is 0 Å². The average molecular weight is 215 g/mol. The summed E-state index contributed by atoms with van der Waals surface area (Å²) in [5, 5.41) is 11.4. The molecule has 1 saturated carbocycles. The molecular weight excluding hydrogens is 198 g/mol. The van der Waals surface area contributed by atoms with Crippen molar-refractivity contribution in [3.8, 4) is 0 Å². The lowest BCUT2D eigenvalue weighted by Crippen LogP contribution is -2.41. The molecule has 1 aliphatic rings. The van der Waals surface area contributed by atoms with Crippen molar-refractivity contribution in [1.82, 2.24) is 5.32 Å². The third-order valence-electron chi connectivity index (χ3n) is 2.43. The second kappa shape index (κ2) is 5.70. The summed E-state index contributed by atoms with van der Waals surface area (Å²) in [6.45, 7) is 0.321. The maximum Gasteiger partial charge on any atom is 0.326 e. The molecule has 5 nitrogen and oxygen atoms in total. The smallest absolute Gasteiger partial charge is 0.326 e. The van der Waals surface area contributed by atoms with Crippen LogP contribution in [0.25, 0.3) is 0 Å². The van der Waals surface area contributed by atoms with Crippen molar-refractivity contribution >= 4 is 11.9 Å². The van der Waals surface area contributed by atoms with E-state index in [9.17, 15) is 9.59 Å². The predicted octanol–water partition coefficient (Wildman–Crippen LogP) is 0.392. The molecule has 1 aliphatic carbocycles. The minimum atomic E-state index is -0.951. The van der Waals surface area contributed by atoms with Gasteiger partial charge in [0.1, 0.15) is 6.04 Å². The fraction of sp³-hybridized carbons (Fsp3) is 0.800. The number of rotatable bonds is 7. The quantitative estimate of drug-likeness (QED) is 0.644. The highest BCUT2D eigenvalue weighted by atomic mass is 16.5. The van der Waals surface area contributed by atoms with Crippen molar-refractivity contribution in [1.29, 1.82) is 0 Å². The Morgan fingerprint density at radius 2 is 2.20 bits per heavy atom. The standard InChI is InChI=1S/C10H17NO4/c1-15-5-4-9(12)11-8(10(13)14)6-7-2-3-7/h7-8H,2-6H2,1H3,(H,11,12)(H,13,14). The van der Waals surface area contributed by atoms with Gasteiger partial charge in [-0.3, -0.25) is 4.79 Å². The molecule has 15 heavy (non-hydrogen) atoms. The van der Waals surface area contributed by atoms with E-state index in [2.05, 4.69) is 5.32 Å². The number of aliphatic carboxylic acids is 1. The summed E-state index contributed by atoms with van der Waals surface area (Å²) in [5.41, 5.74) is 0. The highest BCUT2D eigenvalue weighted by molar-refractivity contribution is 5.83. The molecule has 1 fully saturated rings. The van der Waals surface area contributed by atoms with E-state index in [0.29, 0.717) is 18.9 Å². The third-order valence-corrected chi connectivity index (χ3v) is 2.43. The summed E-state index contributed by atoms with van der Waals surface area (Å²) < 4.78 is 4.74. The zero-order valence-corrected chi connectivity index (χ0v) is 8.86. The first-order valence-electron chi connectivity index (χ1n) is 5.14. The van der Waals surface area contributed by atoms with E-state index in [0.717, 1.165) is 12.8 Å². The molecule has 1 atom stereocenters. The lowest BCUT2D eigenvalue weighted by Gasteiger charge is -2.13. The van der Waals surface area contributed by atoms with Crippen molar-refractivity contribution in [2.24, 2.45) is 5.92 Å². The first-order valence-corrected chi connectivity index (χ1v) is 5.14. The Kier molecular flexibility index (Phi) is 4.55. The van der Waals surface area contributed by atoms with Crippen LogP contribution in [0.5, 0.6) is 0 Å². The molecule has 2 N–H and O–H groups in total. The first kappa shape index (κ1) is 12.0. The van der Waals surface area contributed by atoms with Gasteiger partial charge in [0.05, 0.1) is 6.61 Å². The second-order valence-electron chi connectivity index (χ2n) is 3.88. The molecule has 0 bridgehead atoms. The Labute approximate surface area is 88.8 Å². The highest BCUT2D eigenvalue weighted by Crippen LogP contribution is 2.33. The minimum Gasteiger partial charge on any atom is -0.480 e. The van der Waals surface area contributed by atoms with E-state index in [4.69, 9.17) is 9.84 Å². The van der Waals surface area contributed by atoms with Gasteiger partial charge in [0.2, 0.25) is 5.91 Å². The van der Waals surface area contributed by atoms with Crippen LogP contribution in [0.15, 0.2) is 0 Å². The van der Waals surface area contributed by atoms with Crippen molar-refractivity contribution in [2.75, 3.05) is 13.7 Å². The average Bonchev–Trinajstić information content (AvgIpc) is 2.97. The SMILES string of the molecule is COCCC(=O)NC(CC1CC1)C(=O)O. The van der Waals surface area contributed by atoms with Crippen LogP contribution < -0.4 is 5.32 Å². The molecule has 86 valence electrons. The maximum absolute atomic E-state index is 11.3. The van der Waals surface area contributed by atoms with Crippen molar-refractivity contribution in [2.45, 2.75) is 31.7 Å². The number of hydrogen-bond donors (Lipinski definition) is 2. The number of ether oxygens (including phenoxy) is 1. The van der Waals surface area contributed by atoms with Gasteiger partial charge in [0.25, 0.3) is 0 Å². The van der Waals surface area contributed by atoms with E-state index < -0.39 is 12.0 Å². The van der Waals surface area contributed by atoms with Gasteiger partial charge in [0.15, 0.2) is 0 Å². The Balaban J connectivity index is 2.28. The van der Waals surface area contributed by atoms with Gasteiger partial charge >= 0.3 is 5.97 Å². The number of hydrogen-bond acceptors (Lipinski definition) is 3. The Morgan fingerprint density at radius 1 is 1.53 bits per heavy atom. The maximum atomic E-state index is 11.3. The van der Waals surface area contributed by atoms with Crippen LogP contribution in [0.1, 0.15) is 25.7 Å². The molecule has 0 radical (unpaired) electrons. The fourth-order valence-electron chi connectivity index (χ4n) is 1.37. The summed E-state index contributed by atoms with van der Waals surface area (Å²) in [7, 11) is 1.51. The van der Waals surface area contributed by atoms with Gasteiger partial charge in [-0.05, 0) is 12.3 Å². The van der Waals surface area contributed by atoms with Crippen LogP contribution in [-0.2, 0) is 14.3 Å². The number of amides is 1. The molecule has 0 aromatic heterocycles. The number of carbonyl (C=O) groups excluding carboxylic acids is 1. The normalized spacial score (nSPS) is 17.1. The van der Waals surface area contributed by atoms with Gasteiger partial charge in [-0.1, -0.05) is 12.8 Å². The van der Waals surface area contributed by atoms with Crippen LogP contribution in [0.3, 0.4) is 0 Å². The minimum absolute atomic E-state index is 0.213. The Morgan fingerprint density at radius 3 is 2.67 bits per heavy atom. The number of carboxylic acids is 1. The first-order chi connectivity index (χ1) is 7.13. The highest BCUT2D eigenvalue weighted by Gasteiger charge is 2.29. The molecule has 0 aliphatic heterocycles. The molecule has 0 saturated heterocycles. The lowest BCUT2D eigenvalue weighted by atomic mass is 10.1. The van der Waals surface area contributed by atoms with Crippen molar-refractivity contribution in [3.63, 3.8) is 0 Å². The molecule has 5 heteroatoms. The number of carboxylic acid groups (broad SMARTS) is 1. The van der Waals surface area contributed by atoms with E-state index >= 15 is 0 Å². The molecular formula is C10H17NO4. The van der Waals surface area contributed by atoms with Crippen LogP contribution >= 0.6 is 0 Å². The van der Waals surface area contributed by atoms with Crippen LogP contribution in [0.2, 0.25) is 0 Å². The van der Waals surface area contributed by atoms with Gasteiger partial charge in [0, 0.05) is 13.5 Å². The van der Waals surface area contributed by atoms with Crippen molar-refractivity contribution < 1.29 is 19.4 Å². The monoisotopic (exact) mass is 215 g/mol. The fourth-order valence-corrected chi connectivity index (χ4v) is 1.37. The molecule has 1 rings (SSSR count). The second-order valence-corrected chi connectivity index (χ2v) is 3.88. The van der Waals surface area contributed by atoms with E-state index in [1.54, 1.807) is 0 Å².